The molecule has 20 heavy (non-hydrogen) atoms. The first-order chi connectivity index (χ1) is 9.32. The molecule has 1 unspecified atom stereocenters. The fraction of sp³-hybridized carbons (Fsp3) is 1.00. The number of piperidine rings is 1. The second kappa shape index (κ2) is 6.30. The molecule has 0 amide bonds. The maximum absolute atomic E-state index is 12.4. The number of hydrogen-bond donors (Lipinski definition) is 2. The third-order valence-electron chi connectivity index (χ3n) is 4.73. The summed E-state index contributed by atoms with van der Waals surface area (Å²) in [5.41, 5.74) is 0.342. The highest BCUT2D eigenvalue weighted by molar-refractivity contribution is 7.87. The van der Waals surface area contributed by atoms with Gasteiger partial charge in [0.2, 0.25) is 0 Å². The van der Waals surface area contributed by atoms with Gasteiger partial charge >= 0.3 is 0 Å². The van der Waals surface area contributed by atoms with Crippen LogP contribution < -0.4 is 4.72 Å². The Balaban J connectivity index is 1.91. The zero-order valence-corrected chi connectivity index (χ0v) is 13.5. The molecule has 1 atom stereocenters. The standard InChI is InChI=1S/C14H28N2O3S/c1-14(2)7-5-13(6-8-14)15-20(18,19)16-9-3-4-12(10-16)11-17/h12-13,15,17H,3-11H2,1-2H3. The Morgan fingerprint density at radius 2 is 1.90 bits per heavy atom. The Hall–Kier alpha value is -0.170. The van der Waals surface area contributed by atoms with Crippen LogP contribution in [0, 0.1) is 11.3 Å². The average molecular weight is 304 g/mol. The maximum Gasteiger partial charge on any atom is 0.279 e. The van der Waals surface area contributed by atoms with Gasteiger partial charge in [0.15, 0.2) is 0 Å². The Morgan fingerprint density at radius 3 is 2.50 bits per heavy atom. The van der Waals surface area contributed by atoms with E-state index in [1.807, 2.05) is 0 Å². The van der Waals surface area contributed by atoms with Gasteiger partial charge in [0.05, 0.1) is 0 Å². The van der Waals surface area contributed by atoms with Gasteiger partial charge in [-0.25, -0.2) is 0 Å². The predicted octanol–water partition coefficient (Wildman–Crippen LogP) is 1.49. The molecule has 1 aliphatic heterocycles. The van der Waals surface area contributed by atoms with Crippen molar-refractivity contribution in [2.75, 3.05) is 19.7 Å². The molecule has 0 bridgehead atoms. The quantitative estimate of drug-likeness (QED) is 0.827. The number of nitrogens with one attached hydrogen (secondary N) is 1. The van der Waals surface area contributed by atoms with Crippen LogP contribution in [0.1, 0.15) is 52.4 Å². The van der Waals surface area contributed by atoms with Crippen molar-refractivity contribution in [3.63, 3.8) is 0 Å². The van der Waals surface area contributed by atoms with Crippen molar-refractivity contribution >= 4 is 10.2 Å². The number of aliphatic hydroxyl groups excluding tert-OH is 1. The first-order valence-corrected chi connectivity index (χ1v) is 9.15. The molecular formula is C14H28N2O3S. The molecule has 2 fully saturated rings. The fourth-order valence-electron chi connectivity index (χ4n) is 3.20. The fourth-order valence-corrected chi connectivity index (χ4v) is 4.78. The van der Waals surface area contributed by atoms with E-state index in [2.05, 4.69) is 18.6 Å². The van der Waals surface area contributed by atoms with Gasteiger partial charge in [0.25, 0.3) is 10.2 Å². The van der Waals surface area contributed by atoms with Crippen molar-refractivity contribution < 1.29 is 13.5 Å². The molecule has 6 heteroatoms. The van der Waals surface area contributed by atoms with Gasteiger partial charge in [-0.15, -0.1) is 0 Å². The minimum atomic E-state index is -3.39. The van der Waals surface area contributed by atoms with Crippen molar-refractivity contribution in [3.05, 3.63) is 0 Å². The molecule has 1 saturated heterocycles. The van der Waals surface area contributed by atoms with Crippen LogP contribution in [0.2, 0.25) is 0 Å². The molecule has 5 nitrogen and oxygen atoms in total. The summed E-state index contributed by atoms with van der Waals surface area (Å²) in [4.78, 5) is 0. The highest BCUT2D eigenvalue weighted by Crippen LogP contribution is 2.35. The maximum atomic E-state index is 12.4. The van der Waals surface area contributed by atoms with E-state index in [-0.39, 0.29) is 18.6 Å². The molecule has 1 saturated carbocycles. The number of hydrogen-bond acceptors (Lipinski definition) is 3. The van der Waals surface area contributed by atoms with Crippen LogP contribution >= 0.6 is 0 Å². The Labute approximate surface area is 122 Å². The third kappa shape index (κ3) is 4.16. The average Bonchev–Trinajstić information content (AvgIpc) is 2.41. The lowest BCUT2D eigenvalue weighted by Gasteiger charge is -2.36. The minimum absolute atomic E-state index is 0.0718. The molecule has 2 aliphatic rings. The SMILES string of the molecule is CC1(C)CCC(NS(=O)(=O)N2CCCC(CO)C2)CC1. The third-order valence-corrected chi connectivity index (χ3v) is 6.38. The van der Waals surface area contributed by atoms with Crippen molar-refractivity contribution in [1.82, 2.24) is 9.03 Å². The van der Waals surface area contributed by atoms with E-state index in [0.717, 1.165) is 38.5 Å². The largest absolute Gasteiger partial charge is 0.396 e. The lowest BCUT2D eigenvalue weighted by molar-refractivity contribution is 0.163. The normalized spacial score (nSPS) is 29.4. The van der Waals surface area contributed by atoms with E-state index >= 15 is 0 Å². The van der Waals surface area contributed by atoms with Crippen molar-refractivity contribution in [3.8, 4) is 0 Å². The van der Waals surface area contributed by atoms with Gasteiger partial charge in [-0.05, 0) is 49.9 Å². The highest BCUT2D eigenvalue weighted by atomic mass is 32.2. The van der Waals surface area contributed by atoms with E-state index in [1.54, 1.807) is 0 Å². The molecule has 0 aromatic carbocycles. The second-order valence-electron chi connectivity index (χ2n) is 7.11. The van der Waals surface area contributed by atoms with E-state index in [0.29, 0.717) is 18.5 Å². The lowest BCUT2D eigenvalue weighted by atomic mass is 9.76. The molecule has 0 aromatic rings. The zero-order valence-electron chi connectivity index (χ0n) is 12.6. The first-order valence-electron chi connectivity index (χ1n) is 7.71. The molecule has 1 heterocycles. The summed E-state index contributed by atoms with van der Waals surface area (Å²) in [6, 6.07) is 0.0718. The summed E-state index contributed by atoms with van der Waals surface area (Å²) in [5, 5.41) is 9.21. The van der Waals surface area contributed by atoms with E-state index in [4.69, 9.17) is 0 Å². The van der Waals surface area contributed by atoms with Crippen molar-refractivity contribution in [1.29, 1.82) is 0 Å². The van der Waals surface area contributed by atoms with E-state index in [1.165, 1.54) is 4.31 Å². The molecule has 0 spiro atoms. The number of aliphatic hydroxyl groups is 1. The Kier molecular flexibility index (Phi) is 5.10. The molecule has 118 valence electrons. The molecule has 0 radical (unpaired) electrons. The summed E-state index contributed by atoms with van der Waals surface area (Å²) < 4.78 is 29.2. The van der Waals surface area contributed by atoms with Crippen LogP contribution in [-0.4, -0.2) is 43.6 Å². The van der Waals surface area contributed by atoms with Crippen LogP contribution in [0.15, 0.2) is 0 Å². The van der Waals surface area contributed by atoms with Gasteiger partial charge in [-0.1, -0.05) is 13.8 Å². The zero-order chi connectivity index (χ0) is 14.8. The van der Waals surface area contributed by atoms with Crippen LogP contribution in [0.25, 0.3) is 0 Å². The van der Waals surface area contributed by atoms with E-state index < -0.39 is 10.2 Å². The smallest absolute Gasteiger partial charge is 0.279 e. The number of nitrogens with zero attached hydrogens (tertiary/aromatic N) is 1. The lowest BCUT2D eigenvalue weighted by Crippen LogP contribution is -2.50. The topological polar surface area (TPSA) is 69.6 Å². The Morgan fingerprint density at radius 1 is 1.25 bits per heavy atom. The Bertz CT molecular complexity index is 412. The van der Waals surface area contributed by atoms with Gasteiger partial charge in [-0.3, -0.25) is 0 Å². The number of rotatable bonds is 4. The molecule has 2 N–H and O–H groups in total. The van der Waals surface area contributed by atoms with Crippen LogP contribution in [0.3, 0.4) is 0 Å². The first kappa shape index (κ1) is 16.2. The van der Waals surface area contributed by atoms with Crippen molar-refractivity contribution in [2.45, 2.75) is 58.4 Å². The van der Waals surface area contributed by atoms with Gasteiger partial charge < -0.3 is 5.11 Å². The van der Waals surface area contributed by atoms with Gasteiger partial charge in [-0.2, -0.15) is 17.4 Å². The minimum Gasteiger partial charge on any atom is -0.396 e. The molecule has 1 aliphatic carbocycles. The second-order valence-corrected chi connectivity index (χ2v) is 8.81. The molecular weight excluding hydrogens is 276 g/mol. The summed E-state index contributed by atoms with van der Waals surface area (Å²) in [7, 11) is -3.39. The molecule has 2 rings (SSSR count). The van der Waals surface area contributed by atoms with Crippen LogP contribution in [0.4, 0.5) is 0 Å². The van der Waals surface area contributed by atoms with Gasteiger partial charge in [0, 0.05) is 25.7 Å². The van der Waals surface area contributed by atoms with Crippen LogP contribution in [-0.2, 0) is 10.2 Å². The predicted molar refractivity (Wildman–Crippen MR) is 79.5 cm³/mol. The summed E-state index contributed by atoms with van der Waals surface area (Å²) in [5.74, 6) is 0.0885. The van der Waals surface area contributed by atoms with Gasteiger partial charge in [0.1, 0.15) is 0 Å². The van der Waals surface area contributed by atoms with E-state index in [9.17, 15) is 13.5 Å². The summed E-state index contributed by atoms with van der Waals surface area (Å²) >= 11 is 0. The molecule has 0 aromatic heterocycles. The summed E-state index contributed by atoms with van der Waals surface area (Å²) in [6.45, 7) is 5.58. The summed E-state index contributed by atoms with van der Waals surface area (Å²) in [6.07, 6.45) is 5.73. The monoisotopic (exact) mass is 304 g/mol. The van der Waals surface area contributed by atoms with Crippen LogP contribution in [0.5, 0.6) is 0 Å². The highest BCUT2D eigenvalue weighted by Gasteiger charge is 2.33. The van der Waals surface area contributed by atoms with Crippen molar-refractivity contribution in [2.24, 2.45) is 11.3 Å².